The topological polar surface area (TPSA) is 35.1 Å². The van der Waals surface area contributed by atoms with E-state index in [1.54, 1.807) is 0 Å². The number of quaternary nitrogens is 1. The van der Waals surface area contributed by atoms with Crippen molar-refractivity contribution in [1.82, 2.24) is 0 Å². The van der Waals surface area contributed by atoms with Crippen LogP contribution in [0.1, 0.15) is 19.8 Å². The maximum atomic E-state index is 5.66. The maximum Gasteiger partial charge on any atom is 0.119 e. The van der Waals surface area contributed by atoms with E-state index >= 15 is 0 Å². The van der Waals surface area contributed by atoms with Crippen molar-refractivity contribution in [3.8, 4) is 11.5 Å². The Morgan fingerprint density at radius 1 is 1.11 bits per heavy atom. The summed E-state index contributed by atoms with van der Waals surface area (Å²) in [7, 11) is 0. The molecule has 3 nitrogen and oxygen atoms in total. The molecular formula is C15H24NO2+. The molecule has 0 saturated carbocycles. The summed E-state index contributed by atoms with van der Waals surface area (Å²) in [4.78, 5) is 0. The summed E-state index contributed by atoms with van der Waals surface area (Å²) in [5.74, 6) is 1.80. The monoisotopic (exact) mass is 250 g/mol. The molecule has 0 bridgehead atoms. The number of unbranched alkanes of at least 4 members (excludes halogenated alkanes) is 1. The van der Waals surface area contributed by atoms with E-state index < -0.39 is 0 Å². The zero-order chi connectivity index (χ0) is 13.1. The summed E-state index contributed by atoms with van der Waals surface area (Å²) in [6.07, 6.45) is 4.18. The molecule has 0 radical (unpaired) electrons. The smallest absolute Gasteiger partial charge is 0.119 e. The Hall–Kier alpha value is -1.48. The molecule has 1 aromatic carbocycles. The number of hydrogen-bond donors (Lipinski definition) is 1. The van der Waals surface area contributed by atoms with Gasteiger partial charge >= 0.3 is 0 Å². The molecule has 0 unspecified atom stereocenters. The highest BCUT2D eigenvalue weighted by Crippen LogP contribution is 2.17. The Kier molecular flexibility index (Phi) is 7.73. The van der Waals surface area contributed by atoms with Gasteiger partial charge in [0.2, 0.25) is 0 Å². The molecular weight excluding hydrogens is 226 g/mol. The lowest BCUT2D eigenvalue weighted by Gasteiger charge is -2.07. The molecule has 0 aromatic heterocycles. The van der Waals surface area contributed by atoms with Gasteiger partial charge in [0, 0.05) is 0 Å². The molecule has 3 heteroatoms. The van der Waals surface area contributed by atoms with Gasteiger partial charge in [0.1, 0.15) is 11.5 Å². The van der Waals surface area contributed by atoms with Crippen LogP contribution in [-0.4, -0.2) is 26.3 Å². The molecule has 0 aliphatic rings. The zero-order valence-electron chi connectivity index (χ0n) is 11.2. The van der Waals surface area contributed by atoms with E-state index in [1.807, 2.05) is 37.3 Å². The molecule has 0 atom stereocenters. The van der Waals surface area contributed by atoms with Gasteiger partial charge in [0.25, 0.3) is 0 Å². The van der Waals surface area contributed by atoms with Crippen molar-refractivity contribution in [2.24, 2.45) is 0 Å². The van der Waals surface area contributed by atoms with Crippen molar-refractivity contribution in [1.29, 1.82) is 0 Å². The van der Waals surface area contributed by atoms with Crippen molar-refractivity contribution >= 4 is 0 Å². The normalized spacial score (nSPS) is 10.1. The van der Waals surface area contributed by atoms with Crippen molar-refractivity contribution in [3.05, 3.63) is 36.9 Å². The highest BCUT2D eigenvalue weighted by molar-refractivity contribution is 5.31. The molecule has 0 spiro atoms. The molecule has 0 heterocycles. The highest BCUT2D eigenvalue weighted by Gasteiger charge is 1.96. The first-order valence-electron chi connectivity index (χ1n) is 6.65. The van der Waals surface area contributed by atoms with Crippen molar-refractivity contribution in [3.63, 3.8) is 0 Å². The van der Waals surface area contributed by atoms with Gasteiger partial charge in [-0.15, -0.1) is 0 Å². The fourth-order valence-corrected chi connectivity index (χ4v) is 1.62. The Morgan fingerprint density at radius 3 is 2.39 bits per heavy atom. The van der Waals surface area contributed by atoms with Crippen LogP contribution in [0.2, 0.25) is 0 Å². The minimum Gasteiger partial charge on any atom is -0.494 e. The molecule has 0 amide bonds. The minimum absolute atomic E-state index is 0.696. The Balaban J connectivity index is 2.09. The maximum absolute atomic E-state index is 5.66. The lowest BCUT2D eigenvalue weighted by molar-refractivity contribution is -0.646. The van der Waals surface area contributed by atoms with Crippen LogP contribution in [0.5, 0.6) is 11.5 Å². The third-order valence-electron chi connectivity index (χ3n) is 2.54. The van der Waals surface area contributed by atoms with Crippen LogP contribution in [0, 0.1) is 0 Å². The molecule has 2 N–H and O–H groups in total. The van der Waals surface area contributed by atoms with Gasteiger partial charge in [-0.2, -0.15) is 0 Å². The van der Waals surface area contributed by atoms with Crippen LogP contribution in [-0.2, 0) is 0 Å². The molecule has 0 aliphatic carbocycles. The van der Waals surface area contributed by atoms with Crippen LogP contribution in [0.4, 0.5) is 0 Å². The quantitative estimate of drug-likeness (QED) is 0.509. The molecule has 0 saturated heterocycles. The van der Waals surface area contributed by atoms with Gasteiger partial charge in [-0.1, -0.05) is 6.58 Å². The second-order valence-electron chi connectivity index (χ2n) is 4.06. The second kappa shape index (κ2) is 9.54. The number of rotatable bonds is 10. The highest BCUT2D eigenvalue weighted by atomic mass is 16.5. The number of benzene rings is 1. The standard InChI is InChI=1S/C15H23NO2/c1-3-11-16-12-5-6-13-18-15-9-7-14(8-10-15)17-4-2/h3,7-10,16H,1,4-6,11-13H2,2H3/p+1. The van der Waals surface area contributed by atoms with E-state index in [4.69, 9.17) is 9.47 Å². The molecule has 1 aromatic rings. The number of hydrogen-bond acceptors (Lipinski definition) is 2. The largest absolute Gasteiger partial charge is 0.494 e. The van der Waals surface area contributed by atoms with Gasteiger partial charge in [-0.3, -0.25) is 0 Å². The summed E-state index contributed by atoms with van der Waals surface area (Å²) in [5, 5.41) is 2.25. The van der Waals surface area contributed by atoms with Gasteiger partial charge in [-0.25, -0.2) is 0 Å². The van der Waals surface area contributed by atoms with Crippen molar-refractivity contribution < 1.29 is 14.8 Å². The van der Waals surface area contributed by atoms with Crippen LogP contribution in [0.25, 0.3) is 0 Å². The van der Waals surface area contributed by atoms with Crippen LogP contribution in [0.15, 0.2) is 36.9 Å². The predicted octanol–water partition coefficient (Wildman–Crippen LogP) is 1.99. The van der Waals surface area contributed by atoms with Crippen LogP contribution >= 0.6 is 0 Å². The molecule has 0 fully saturated rings. The Bertz CT molecular complexity index is 322. The zero-order valence-corrected chi connectivity index (χ0v) is 11.2. The third-order valence-corrected chi connectivity index (χ3v) is 2.54. The Labute approximate surface area is 110 Å². The SMILES string of the molecule is C=CC[NH2+]CCCCOc1ccc(OCC)cc1. The molecule has 1 rings (SSSR count). The molecule has 0 aliphatic heterocycles. The molecule has 18 heavy (non-hydrogen) atoms. The average molecular weight is 250 g/mol. The lowest BCUT2D eigenvalue weighted by Crippen LogP contribution is -2.83. The van der Waals surface area contributed by atoms with Gasteiger partial charge < -0.3 is 14.8 Å². The van der Waals surface area contributed by atoms with E-state index in [1.165, 1.54) is 6.42 Å². The Morgan fingerprint density at radius 2 is 1.78 bits per heavy atom. The first-order chi connectivity index (χ1) is 8.86. The number of nitrogens with two attached hydrogens (primary N) is 1. The van der Waals surface area contributed by atoms with E-state index in [-0.39, 0.29) is 0 Å². The predicted molar refractivity (Wildman–Crippen MR) is 74.2 cm³/mol. The van der Waals surface area contributed by atoms with Gasteiger partial charge in [0.15, 0.2) is 0 Å². The van der Waals surface area contributed by atoms with E-state index in [0.29, 0.717) is 6.61 Å². The van der Waals surface area contributed by atoms with Gasteiger partial charge in [0.05, 0.1) is 26.3 Å². The van der Waals surface area contributed by atoms with E-state index in [0.717, 1.165) is 37.6 Å². The van der Waals surface area contributed by atoms with Crippen molar-refractivity contribution in [2.45, 2.75) is 19.8 Å². The third kappa shape index (κ3) is 6.30. The summed E-state index contributed by atoms with van der Waals surface area (Å²) >= 11 is 0. The van der Waals surface area contributed by atoms with E-state index in [9.17, 15) is 0 Å². The van der Waals surface area contributed by atoms with Gasteiger partial charge in [-0.05, 0) is 50.1 Å². The van der Waals surface area contributed by atoms with Crippen LogP contribution < -0.4 is 14.8 Å². The summed E-state index contributed by atoms with van der Waals surface area (Å²) < 4.78 is 11.0. The lowest BCUT2D eigenvalue weighted by atomic mass is 10.3. The molecule has 100 valence electrons. The fourth-order valence-electron chi connectivity index (χ4n) is 1.62. The first kappa shape index (κ1) is 14.6. The first-order valence-corrected chi connectivity index (χ1v) is 6.65. The average Bonchev–Trinajstić information content (AvgIpc) is 2.40. The number of ether oxygens (including phenoxy) is 2. The second-order valence-corrected chi connectivity index (χ2v) is 4.06. The van der Waals surface area contributed by atoms with Crippen molar-refractivity contribution in [2.75, 3.05) is 26.3 Å². The van der Waals surface area contributed by atoms with E-state index in [2.05, 4.69) is 11.9 Å². The minimum atomic E-state index is 0.696. The summed E-state index contributed by atoms with van der Waals surface area (Å²) in [5.41, 5.74) is 0. The van der Waals surface area contributed by atoms with Crippen LogP contribution in [0.3, 0.4) is 0 Å². The summed E-state index contributed by atoms with van der Waals surface area (Å²) in [6.45, 7) is 9.28. The summed E-state index contributed by atoms with van der Waals surface area (Å²) in [6, 6.07) is 7.79. The fraction of sp³-hybridized carbons (Fsp3) is 0.467.